The van der Waals surface area contributed by atoms with E-state index >= 15 is 0 Å². The van der Waals surface area contributed by atoms with Crippen LogP contribution in [0.25, 0.3) is 0 Å². The molecule has 12 heavy (non-hydrogen) atoms. The molecule has 2 heteroatoms. The van der Waals surface area contributed by atoms with E-state index in [0.29, 0.717) is 0 Å². The summed E-state index contributed by atoms with van der Waals surface area (Å²) in [4.78, 5) is 0. The molecule has 0 atom stereocenters. The lowest BCUT2D eigenvalue weighted by Gasteiger charge is -2.13. The maximum atomic E-state index is 3.58. The van der Waals surface area contributed by atoms with E-state index in [0.717, 1.165) is 6.04 Å². The highest BCUT2D eigenvalue weighted by atomic mass is 127. The summed E-state index contributed by atoms with van der Waals surface area (Å²) in [5.74, 6) is 0. The molecule has 0 amide bonds. The molecule has 0 bridgehead atoms. The van der Waals surface area contributed by atoms with Gasteiger partial charge in [0, 0.05) is 6.04 Å². The van der Waals surface area contributed by atoms with E-state index in [1.54, 1.807) is 0 Å². The molecule has 0 aliphatic rings. The number of halogens is 1. The summed E-state index contributed by atoms with van der Waals surface area (Å²) in [6, 6.07) is 0.754. The molecule has 0 heterocycles. The highest BCUT2D eigenvalue weighted by Gasteiger charge is 1.99. The second-order valence-electron chi connectivity index (χ2n) is 3.22. The van der Waals surface area contributed by atoms with Gasteiger partial charge in [0.15, 0.2) is 0 Å². The van der Waals surface area contributed by atoms with Crippen LogP contribution < -0.4 is 5.32 Å². The van der Waals surface area contributed by atoms with Gasteiger partial charge in [-0.1, -0.05) is 42.9 Å². The second-order valence-corrected chi connectivity index (χ2v) is 4.30. The van der Waals surface area contributed by atoms with Gasteiger partial charge in [-0.25, -0.2) is 0 Å². The van der Waals surface area contributed by atoms with Crippen LogP contribution in [0.2, 0.25) is 0 Å². The van der Waals surface area contributed by atoms with Crippen LogP contribution in [0, 0.1) is 0 Å². The lowest BCUT2D eigenvalue weighted by molar-refractivity contribution is 0.473. The summed E-state index contributed by atoms with van der Waals surface area (Å²) in [5.41, 5.74) is 0. The Bertz CT molecular complexity index is 81.9. The fourth-order valence-electron chi connectivity index (χ4n) is 1.28. The van der Waals surface area contributed by atoms with Gasteiger partial charge in [0.25, 0.3) is 0 Å². The number of hydrogen-bond acceptors (Lipinski definition) is 1. The van der Waals surface area contributed by atoms with Crippen LogP contribution in [0.15, 0.2) is 0 Å². The Labute approximate surface area is 90.8 Å². The Hall–Kier alpha value is 0.690. The quantitative estimate of drug-likeness (QED) is 0.409. The van der Waals surface area contributed by atoms with E-state index < -0.39 is 0 Å². The zero-order chi connectivity index (χ0) is 9.23. The molecule has 0 aromatic carbocycles. The number of rotatable bonds is 8. The van der Waals surface area contributed by atoms with Crippen LogP contribution >= 0.6 is 22.6 Å². The summed E-state index contributed by atoms with van der Waals surface area (Å²) >= 11 is 2.45. The molecule has 74 valence electrons. The van der Waals surface area contributed by atoms with Gasteiger partial charge >= 0.3 is 0 Å². The van der Waals surface area contributed by atoms with Gasteiger partial charge in [-0.2, -0.15) is 0 Å². The number of nitrogens with one attached hydrogen (secondary N) is 1. The van der Waals surface area contributed by atoms with E-state index in [-0.39, 0.29) is 0 Å². The first-order valence-corrected chi connectivity index (χ1v) is 6.67. The maximum absolute atomic E-state index is 3.58. The smallest absolute Gasteiger partial charge is 0.00618 e. The molecule has 1 nitrogen and oxygen atoms in total. The Balaban J connectivity index is 3.06. The molecule has 1 N–H and O–H groups in total. The first kappa shape index (κ1) is 12.7. The van der Waals surface area contributed by atoms with Crippen molar-refractivity contribution in [2.75, 3.05) is 11.0 Å². The van der Waals surface area contributed by atoms with Crippen molar-refractivity contribution in [3.63, 3.8) is 0 Å². The monoisotopic (exact) mass is 283 g/mol. The minimum Gasteiger partial charge on any atom is -0.314 e. The predicted molar refractivity (Wildman–Crippen MR) is 65.1 cm³/mol. The average Bonchev–Trinajstić information content (AvgIpc) is 2.11. The zero-order valence-electron chi connectivity index (χ0n) is 8.41. The van der Waals surface area contributed by atoms with Gasteiger partial charge in [-0.15, -0.1) is 0 Å². The van der Waals surface area contributed by atoms with E-state index in [9.17, 15) is 0 Å². The predicted octanol–water partition coefficient (Wildman–Crippen LogP) is 3.37. The molecule has 0 rings (SSSR count). The first-order valence-electron chi connectivity index (χ1n) is 5.14. The lowest BCUT2D eigenvalue weighted by Crippen LogP contribution is -2.28. The Morgan fingerprint density at radius 2 is 1.75 bits per heavy atom. The standard InChI is InChI=1S/C10H22IN/c1-3-10(4-2)12-9-7-5-6-8-11/h10,12H,3-9H2,1-2H3. The summed E-state index contributed by atoms with van der Waals surface area (Å²) in [7, 11) is 0. The minimum atomic E-state index is 0.754. The van der Waals surface area contributed by atoms with Crippen LogP contribution in [-0.4, -0.2) is 17.0 Å². The summed E-state index contributed by atoms with van der Waals surface area (Å²) in [5, 5.41) is 3.58. The largest absolute Gasteiger partial charge is 0.314 e. The molecular formula is C10H22IN. The summed E-state index contributed by atoms with van der Waals surface area (Å²) < 4.78 is 1.31. The van der Waals surface area contributed by atoms with Crippen molar-refractivity contribution in [3.05, 3.63) is 0 Å². The van der Waals surface area contributed by atoms with Crippen LogP contribution in [0.1, 0.15) is 46.0 Å². The molecule has 0 radical (unpaired) electrons. The molecule has 0 aromatic heterocycles. The average molecular weight is 283 g/mol. The van der Waals surface area contributed by atoms with E-state index in [1.807, 2.05) is 0 Å². The third kappa shape index (κ3) is 7.35. The van der Waals surface area contributed by atoms with Crippen LogP contribution in [0.4, 0.5) is 0 Å². The molecular weight excluding hydrogens is 261 g/mol. The highest BCUT2D eigenvalue weighted by Crippen LogP contribution is 2.00. The molecule has 0 aliphatic heterocycles. The molecule has 0 fully saturated rings. The van der Waals surface area contributed by atoms with Crippen molar-refractivity contribution in [2.24, 2.45) is 0 Å². The van der Waals surface area contributed by atoms with Gasteiger partial charge in [-0.3, -0.25) is 0 Å². The van der Waals surface area contributed by atoms with E-state index in [2.05, 4.69) is 41.8 Å². The number of hydrogen-bond donors (Lipinski definition) is 1. The summed E-state index contributed by atoms with van der Waals surface area (Å²) in [6.07, 6.45) is 6.65. The lowest BCUT2D eigenvalue weighted by atomic mass is 10.1. The number of unbranched alkanes of at least 4 members (excludes halogenated alkanes) is 2. The maximum Gasteiger partial charge on any atom is 0.00618 e. The third-order valence-corrected chi connectivity index (χ3v) is 2.99. The molecule has 0 saturated carbocycles. The topological polar surface area (TPSA) is 12.0 Å². The fraction of sp³-hybridized carbons (Fsp3) is 1.00. The van der Waals surface area contributed by atoms with Crippen molar-refractivity contribution in [1.29, 1.82) is 0 Å². The Morgan fingerprint density at radius 3 is 2.25 bits per heavy atom. The van der Waals surface area contributed by atoms with Crippen molar-refractivity contribution in [3.8, 4) is 0 Å². The van der Waals surface area contributed by atoms with Crippen LogP contribution in [0.5, 0.6) is 0 Å². The van der Waals surface area contributed by atoms with Gasteiger partial charge in [0.2, 0.25) is 0 Å². The second kappa shape index (κ2) is 9.78. The van der Waals surface area contributed by atoms with Gasteiger partial charge in [0.05, 0.1) is 0 Å². The van der Waals surface area contributed by atoms with Crippen molar-refractivity contribution in [2.45, 2.75) is 52.0 Å². The van der Waals surface area contributed by atoms with Crippen LogP contribution in [-0.2, 0) is 0 Å². The molecule has 0 spiro atoms. The molecule has 0 aliphatic carbocycles. The van der Waals surface area contributed by atoms with Crippen molar-refractivity contribution >= 4 is 22.6 Å². The summed E-state index contributed by atoms with van der Waals surface area (Å²) in [6.45, 7) is 5.72. The highest BCUT2D eigenvalue weighted by molar-refractivity contribution is 14.1. The van der Waals surface area contributed by atoms with Crippen LogP contribution in [0.3, 0.4) is 0 Å². The first-order chi connectivity index (χ1) is 5.85. The fourth-order valence-corrected chi connectivity index (χ4v) is 1.82. The minimum absolute atomic E-state index is 0.754. The Kier molecular flexibility index (Phi) is 10.3. The zero-order valence-corrected chi connectivity index (χ0v) is 10.6. The Morgan fingerprint density at radius 1 is 1.08 bits per heavy atom. The van der Waals surface area contributed by atoms with Gasteiger partial charge in [0.1, 0.15) is 0 Å². The molecule has 0 unspecified atom stereocenters. The van der Waals surface area contributed by atoms with Crippen molar-refractivity contribution in [1.82, 2.24) is 5.32 Å². The number of alkyl halides is 1. The van der Waals surface area contributed by atoms with Crippen molar-refractivity contribution < 1.29 is 0 Å². The molecule has 0 aromatic rings. The SMILES string of the molecule is CCC(CC)NCCCCCI. The van der Waals surface area contributed by atoms with Gasteiger partial charge < -0.3 is 5.32 Å². The molecule has 0 saturated heterocycles. The normalized spacial score (nSPS) is 11.0. The van der Waals surface area contributed by atoms with E-state index in [1.165, 1.54) is 43.1 Å². The third-order valence-electron chi connectivity index (χ3n) is 2.23. The van der Waals surface area contributed by atoms with Gasteiger partial charge in [-0.05, 0) is 36.7 Å². The van der Waals surface area contributed by atoms with E-state index in [4.69, 9.17) is 0 Å².